The third-order valence-electron chi connectivity index (χ3n) is 5.87. The molecule has 164 valence electrons. The topological polar surface area (TPSA) is 55.7 Å². The highest BCUT2D eigenvalue weighted by Crippen LogP contribution is 2.22. The number of ether oxygens (including phenoxy) is 2. The molecule has 31 heavy (non-hydrogen) atoms. The van der Waals surface area contributed by atoms with Gasteiger partial charge in [0, 0.05) is 42.8 Å². The minimum Gasteiger partial charge on any atom is -0.497 e. The Balaban J connectivity index is 1.27. The summed E-state index contributed by atoms with van der Waals surface area (Å²) in [5.74, 6) is 0.751. The average molecular weight is 426 g/mol. The third-order valence-corrected chi connectivity index (χ3v) is 5.87. The Bertz CT molecular complexity index is 1060. The highest BCUT2D eigenvalue weighted by molar-refractivity contribution is 5.84. The van der Waals surface area contributed by atoms with E-state index >= 15 is 0 Å². The number of rotatable bonds is 7. The summed E-state index contributed by atoms with van der Waals surface area (Å²) in [6, 6.07) is 13.1. The molecule has 1 saturated heterocycles. The Kier molecular flexibility index (Phi) is 6.42. The van der Waals surface area contributed by atoms with Crippen molar-refractivity contribution in [3.63, 3.8) is 0 Å². The number of likely N-dealkylation sites (tertiary alicyclic amines) is 1. The molecular formula is C24H28FN3O3. The average Bonchev–Trinajstić information content (AvgIpc) is 3.17. The molecule has 0 bridgehead atoms. The molecule has 0 atom stereocenters. The Morgan fingerprint density at radius 3 is 2.61 bits per heavy atom. The highest BCUT2D eigenvalue weighted by atomic mass is 19.1. The van der Waals surface area contributed by atoms with Gasteiger partial charge in [0.1, 0.15) is 12.3 Å². The zero-order valence-electron chi connectivity index (χ0n) is 17.9. The maximum absolute atomic E-state index is 13.9. The molecule has 1 fully saturated rings. The summed E-state index contributed by atoms with van der Waals surface area (Å²) in [7, 11) is 3.11. The van der Waals surface area contributed by atoms with Crippen LogP contribution in [0.1, 0.15) is 18.4 Å². The van der Waals surface area contributed by atoms with E-state index < -0.39 is 0 Å². The number of hydrogen-bond donors (Lipinski definition) is 1. The minimum absolute atomic E-state index is 0.0176. The van der Waals surface area contributed by atoms with Crippen LogP contribution in [-0.2, 0) is 17.9 Å². The normalized spacial score (nSPS) is 15.2. The monoisotopic (exact) mass is 425 g/mol. The van der Waals surface area contributed by atoms with Gasteiger partial charge in [-0.2, -0.15) is 0 Å². The molecule has 0 aliphatic carbocycles. The second kappa shape index (κ2) is 9.39. The standard InChI is InChI=1S/C24H28FN3O3/c1-30-20-4-5-22-18(14-20)7-12-28(22)16-24(29)26-19-8-10-27(11-9-19)15-17-3-6-23(31-2)21(25)13-17/h3-7,12-14,19H,8-11,15-16H2,1-2H3,(H,26,29). The largest absolute Gasteiger partial charge is 0.497 e. The molecule has 4 rings (SSSR count). The van der Waals surface area contributed by atoms with Crippen LogP contribution in [0.3, 0.4) is 0 Å². The fraction of sp³-hybridized carbons (Fsp3) is 0.375. The number of carbonyl (C=O) groups is 1. The molecule has 2 heterocycles. The number of methoxy groups -OCH3 is 2. The van der Waals surface area contributed by atoms with E-state index in [0.29, 0.717) is 13.1 Å². The van der Waals surface area contributed by atoms with E-state index in [0.717, 1.165) is 48.1 Å². The summed E-state index contributed by atoms with van der Waals surface area (Å²) in [6.07, 6.45) is 3.70. The number of nitrogens with zero attached hydrogens (tertiary/aromatic N) is 2. The van der Waals surface area contributed by atoms with Gasteiger partial charge in [0.05, 0.1) is 14.2 Å². The Morgan fingerprint density at radius 2 is 1.90 bits per heavy atom. The van der Waals surface area contributed by atoms with E-state index in [1.807, 2.05) is 41.1 Å². The minimum atomic E-state index is -0.335. The van der Waals surface area contributed by atoms with E-state index in [9.17, 15) is 9.18 Å². The van der Waals surface area contributed by atoms with Gasteiger partial charge in [-0.15, -0.1) is 0 Å². The van der Waals surface area contributed by atoms with Gasteiger partial charge in [-0.1, -0.05) is 6.07 Å². The Hall–Kier alpha value is -3.06. The molecule has 6 nitrogen and oxygen atoms in total. The molecule has 7 heteroatoms. The lowest BCUT2D eigenvalue weighted by molar-refractivity contribution is -0.122. The van der Waals surface area contributed by atoms with E-state index in [-0.39, 0.29) is 23.5 Å². The molecule has 0 saturated carbocycles. The number of halogens is 1. The summed E-state index contributed by atoms with van der Waals surface area (Å²) in [4.78, 5) is 14.9. The molecule has 1 aliphatic heterocycles. The predicted molar refractivity (Wildman–Crippen MR) is 118 cm³/mol. The van der Waals surface area contributed by atoms with E-state index in [1.165, 1.54) is 13.2 Å². The van der Waals surface area contributed by atoms with Crippen molar-refractivity contribution in [1.29, 1.82) is 0 Å². The number of fused-ring (bicyclic) bond motifs is 1. The number of nitrogens with one attached hydrogen (secondary N) is 1. The molecule has 0 spiro atoms. The van der Waals surface area contributed by atoms with Gasteiger partial charge >= 0.3 is 0 Å². The van der Waals surface area contributed by atoms with Crippen molar-refractivity contribution in [2.24, 2.45) is 0 Å². The second-order valence-electron chi connectivity index (χ2n) is 7.96. The first-order valence-electron chi connectivity index (χ1n) is 10.5. The Morgan fingerprint density at radius 1 is 1.10 bits per heavy atom. The molecule has 0 radical (unpaired) electrons. The molecule has 1 N–H and O–H groups in total. The molecule has 0 unspecified atom stereocenters. The first-order valence-corrected chi connectivity index (χ1v) is 10.5. The zero-order chi connectivity index (χ0) is 21.8. The van der Waals surface area contributed by atoms with Crippen LogP contribution >= 0.6 is 0 Å². The predicted octanol–water partition coefficient (Wildman–Crippen LogP) is 3.58. The zero-order valence-corrected chi connectivity index (χ0v) is 17.9. The van der Waals surface area contributed by atoms with Crippen molar-refractivity contribution in [2.75, 3.05) is 27.3 Å². The lowest BCUT2D eigenvalue weighted by atomic mass is 10.0. The van der Waals surface area contributed by atoms with Crippen LogP contribution in [0, 0.1) is 5.82 Å². The van der Waals surface area contributed by atoms with Gasteiger partial charge in [0.2, 0.25) is 5.91 Å². The summed E-state index contributed by atoms with van der Waals surface area (Å²) >= 11 is 0. The first-order chi connectivity index (χ1) is 15.1. The smallest absolute Gasteiger partial charge is 0.240 e. The van der Waals surface area contributed by atoms with Crippen LogP contribution in [0.15, 0.2) is 48.7 Å². The fourth-order valence-electron chi connectivity index (χ4n) is 4.17. The fourth-order valence-corrected chi connectivity index (χ4v) is 4.17. The van der Waals surface area contributed by atoms with Crippen LogP contribution in [0.4, 0.5) is 4.39 Å². The SMILES string of the molecule is COc1ccc2c(ccn2CC(=O)NC2CCN(Cc3ccc(OC)c(F)c3)CC2)c1. The van der Waals surface area contributed by atoms with Crippen molar-refractivity contribution in [3.05, 3.63) is 60.0 Å². The van der Waals surface area contributed by atoms with Gasteiger partial charge < -0.3 is 19.4 Å². The number of aromatic nitrogens is 1. The van der Waals surface area contributed by atoms with Crippen molar-refractivity contribution in [2.45, 2.75) is 32.0 Å². The molecule has 1 amide bonds. The summed E-state index contributed by atoms with van der Waals surface area (Å²) in [5.41, 5.74) is 1.94. The van der Waals surface area contributed by atoms with Crippen molar-refractivity contribution in [3.8, 4) is 11.5 Å². The quantitative estimate of drug-likeness (QED) is 0.629. The van der Waals surface area contributed by atoms with E-state index in [1.54, 1.807) is 13.2 Å². The van der Waals surface area contributed by atoms with Crippen molar-refractivity contribution < 1.29 is 18.7 Å². The van der Waals surface area contributed by atoms with Gasteiger partial charge in [-0.25, -0.2) is 4.39 Å². The van der Waals surface area contributed by atoms with Crippen LogP contribution < -0.4 is 14.8 Å². The third kappa shape index (κ3) is 4.99. The molecule has 1 aromatic heterocycles. The van der Waals surface area contributed by atoms with Gasteiger partial charge in [-0.3, -0.25) is 9.69 Å². The summed E-state index contributed by atoms with van der Waals surface area (Å²) in [6.45, 7) is 2.72. The van der Waals surface area contributed by atoms with Crippen molar-refractivity contribution in [1.82, 2.24) is 14.8 Å². The number of amides is 1. The van der Waals surface area contributed by atoms with Crippen LogP contribution in [0.5, 0.6) is 11.5 Å². The van der Waals surface area contributed by atoms with Gasteiger partial charge in [0.25, 0.3) is 0 Å². The van der Waals surface area contributed by atoms with E-state index in [4.69, 9.17) is 9.47 Å². The maximum Gasteiger partial charge on any atom is 0.240 e. The molecule has 3 aromatic rings. The molecular weight excluding hydrogens is 397 g/mol. The summed E-state index contributed by atoms with van der Waals surface area (Å²) < 4.78 is 26.1. The number of hydrogen-bond acceptors (Lipinski definition) is 4. The Labute approximate surface area is 181 Å². The lowest BCUT2D eigenvalue weighted by Gasteiger charge is -2.32. The van der Waals surface area contributed by atoms with Crippen LogP contribution in [-0.4, -0.2) is 48.7 Å². The van der Waals surface area contributed by atoms with Gasteiger partial charge in [-0.05, 0) is 54.8 Å². The number of piperidine rings is 1. The van der Waals surface area contributed by atoms with Crippen molar-refractivity contribution >= 4 is 16.8 Å². The number of benzene rings is 2. The molecule has 1 aliphatic rings. The highest BCUT2D eigenvalue weighted by Gasteiger charge is 2.21. The van der Waals surface area contributed by atoms with Crippen LogP contribution in [0.2, 0.25) is 0 Å². The maximum atomic E-state index is 13.9. The second-order valence-corrected chi connectivity index (χ2v) is 7.96. The number of carbonyl (C=O) groups excluding carboxylic acids is 1. The summed E-state index contributed by atoms with van der Waals surface area (Å²) in [5, 5.41) is 4.22. The van der Waals surface area contributed by atoms with Crippen LogP contribution in [0.25, 0.3) is 10.9 Å². The van der Waals surface area contributed by atoms with E-state index in [2.05, 4.69) is 10.2 Å². The van der Waals surface area contributed by atoms with Gasteiger partial charge in [0.15, 0.2) is 11.6 Å². The molecule has 2 aromatic carbocycles. The lowest BCUT2D eigenvalue weighted by Crippen LogP contribution is -2.45. The first kappa shape index (κ1) is 21.2.